The Morgan fingerprint density at radius 1 is 1.39 bits per heavy atom. The minimum absolute atomic E-state index is 0.171. The highest BCUT2D eigenvalue weighted by Crippen LogP contribution is 2.38. The minimum atomic E-state index is -1.12. The SMILES string of the molecule is COc1ccc(C(NC(=O)CC2(OC)CCC2)C(=O)O)cc1Br. The van der Waals surface area contributed by atoms with Gasteiger partial charge in [0.05, 0.1) is 23.6 Å². The molecule has 1 unspecified atom stereocenters. The summed E-state index contributed by atoms with van der Waals surface area (Å²) in [7, 11) is 3.11. The van der Waals surface area contributed by atoms with E-state index in [0.717, 1.165) is 19.3 Å². The highest BCUT2D eigenvalue weighted by atomic mass is 79.9. The fourth-order valence-corrected chi connectivity index (χ4v) is 3.24. The van der Waals surface area contributed by atoms with Crippen molar-refractivity contribution in [3.05, 3.63) is 28.2 Å². The van der Waals surface area contributed by atoms with Gasteiger partial charge in [-0.1, -0.05) is 6.07 Å². The first-order valence-electron chi connectivity index (χ1n) is 7.31. The largest absolute Gasteiger partial charge is 0.496 e. The third-order valence-electron chi connectivity index (χ3n) is 4.24. The van der Waals surface area contributed by atoms with Gasteiger partial charge in [-0.15, -0.1) is 0 Å². The van der Waals surface area contributed by atoms with Crippen LogP contribution in [0.25, 0.3) is 0 Å². The Morgan fingerprint density at radius 2 is 2.09 bits per heavy atom. The molecule has 1 saturated carbocycles. The van der Waals surface area contributed by atoms with Gasteiger partial charge < -0.3 is 19.9 Å². The molecule has 0 radical (unpaired) electrons. The van der Waals surface area contributed by atoms with Crippen LogP contribution in [0.1, 0.15) is 37.3 Å². The first kappa shape index (κ1) is 17.7. The quantitative estimate of drug-likeness (QED) is 0.753. The first-order valence-corrected chi connectivity index (χ1v) is 8.11. The molecule has 23 heavy (non-hydrogen) atoms. The molecular formula is C16H20BrNO5. The van der Waals surface area contributed by atoms with Crippen molar-refractivity contribution < 1.29 is 24.2 Å². The molecule has 1 fully saturated rings. The van der Waals surface area contributed by atoms with Crippen molar-refractivity contribution >= 4 is 27.8 Å². The third-order valence-corrected chi connectivity index (χ3v) is 4.86. The van der Waals surface area contributed by atoms with E-state index in [2.05, 4.69) is 21.2 Å². The molecule has 1 aliphatic rings. The van der Waals surface area contributed by atoms with Crippen LogP contribution < -0.4 is 10.1 Å². The molecule has 126 valence electrons. The smallest absolute Gasteiger partial charge is 0.330 e. The maximum absolute atomic E-state index is 12.2. The Morgan fingerprint density at radius 3 is 2.52 bits per heavy atom. The van der Waals surface area contributed by atoms with Gasteiger partial charge in [0.15, 0.2) is 6.04 Å². The third kappa shape index (κ3) is 4.03. The Labute approximate surface area is 143 Å². The van der Waals surface area contributed by atoms with Crippen LogP contribution in [0.3, 0.4) is 0 Å². The zero-order valence-corrected chi connectivity index (χ0v) is 14.7. The number of carboxylic acids is 1. The zero-order valence-electron chi connectivity index (χ0n) is 13.1. The second-order valence-electron chi connectivity index (χ2n) is 5.65. The van der Waals surface area contributed by atoms with Crippen molar-refractivity contribution in [2.24, 2.45) is 0 Å². The molecule has 0 heterocycles. The number of ether oxygens (including phenoxy) is 2. The average molecular weight is 386 g/mol. The van der Waals surface area contributed by atoms with E-state index in [9.17, 15) is 14.7 Å². The topological polar surface area (TPSA) is 84.9 Å². The Bertz CT molecular complexity index is 595. The summed E-state index contributed by atoms with van der Waals surface area (Å²) < 4.78 is 11.2. The van der Waals surface area contributed by atoms with Gasteiger partial charge in [0.1, 0.15) is 5.75 Å². The van der Waals surface area contributed by atoms with E-state index in [4.69, 9.17) is 9.47 Å². The van der Waals surface area contributed by atoms with Crippen LogP contribution in [-0.4, -0.2) is 36.8 Å². The second kappa shape index (κ2) is 7.31. The second-order valence-corrected chi connectivity index (χ2v) is 6.50. The van der Waals surface area contributed by atoms with Gasteiger partial charge in [-0.2, -0.15) is 0 Å². The number of nitrogens with one attached hydrogen (secondary N) is 1. The summed E-state index contributed by atoms with van der Waals surface area (Å²) >= 11 is 3.32. The molecule has 1 amide bonds. The number of halogens is 1. The van der Waals surface area contributed by atoms with E-state index in [-0.39, 0.29) is 12.3 Å². The fraction of sp³-hybridized carbons (Fsp3) is 0.500. The number of hydrogen-bond acceptors (Lipinski definition) is 4. The number of hydrogen-bond donors (Lipinski definition) is 2. The maximum Gasteiger partial charge on any atom is 0.330 e. The lowest BCUT2D eigenvalue weighted by molar-refractivity contribution is -0.145. The van der Waals surface area contributed by atoms with Crippen molar-refractivity contribution in [1.82, 2.24) is 5.32 Å². The molecule has 0 aliphatic heterocycles. The van der Waals surface area contributed by atoms with Crippen LogP contribution in [0.15, 0.2) is 22.7 Å². The summed E-state index contributed by atoms with van der Waals surface area (Å²) in [6.07, 6.45) is 2.84. The molecule has 1 aliphatic carbocycles. The van der Waals surface area contributed by atoms with E-state index < -0.39 is 17.6 Å². The highest BCUT2D eigenvalue weighted by molar-refractivity contribution is 9.10. The van der Waals surface area contributed by atoms with E-state index >= 15 is 0 Å². The van der Waals surface area contributed by atoms with Gasteiger partial charge in [0.25, 0.3) is 0 Å². The van der Waals surface area contributed by atoms with Crippen molar-refractivity contribution in [3.8, 4) is 5.75 Å². The summed E-state index contributed by atoms with van der Waals surface area (Å²) in [5.41, 5.74) is 0.0341. The van der Waals surface area contributed by atoms with Gasteiger partial charge in [-0.05, 0) is 52.9 Å². The summed E-state index contributed by atoms with van der Waals surface area (Å²) in [5.74, 6) is -0.849. The minimum Gasteiger partial charge on any atom is -0.496 e. The molecule has 0 spiro atoms. The van der Waals surface area contributed by atoms with Crippen molar-refractivity contribution in [3.63, 3.8) is 0 Å². The predicted octanol–water partition coefficient (Wildman–Crippen LogP) is 2.66. The summed E-state index contributed by atoms with van der Waals surface area (Å²) in [4.78, 5) is 23.7. The number of carboxylic acid groups (broad SMARTS) is 1. The molecule has 1 aromatic carbocycles. The number of carbonyl (C=O) groups excluding carboxylic acids is 1. The summed E-state index contributed by atoms with van der Waals surface area (Å²) in [5, 5.41) is 12.0. The van der Waals surface area contributed by atoms with Gasteiger partial charge in [0, 0.05) is 7.11 Å². The Balaban J connectivity index is 2.11. The molecule has 6 nitrogen and oxygen atoms in total. The molecule has 7 heteroatoms. The number of methoxy groups -OCH3 is 2. The predicted molar refractivity (Wildman–Crippen MR) is 87.4 cm³/mol. The van der Waals surface area contributed by atoms with Crippen LogP contribution in [-0.2, 0) is 14.3 Å². The number of carbonyl (C=O) groups is 2. The van der Waals surface area contributed by atoms with Gasteiger partial charge >= 0.3 is 5.97 Å². The van der Waals surface area contributed by atoms with Gasteiger partial charge in [0.2, 0.25) is 5.91 Å². The molecule has 0 bridgehead atoms. The lowest BCUT2D eigenvalue weighted by Gasteiger charge is -2.40. The summed E-state index contributed by atoms with van der Waals surface area (Å²) in [6.45, 7) is 0. The van der Waals surface area contributed by atoms with E-state index in [1.165, 1.54) is 7.11 Å². The van der Waals surface area contributed by atoms with Crippen molar-refractivity contribution in [2.75, 3.05) is 14.2 Å². The fourth-order valence-electron chi connectivity index (χ4n) is 2.68. The normalized spacial score (nSPS) is 17.0. The first-order chi connectivity index (χ1) is 10.9. The zero-order chi connectivity index (χ0) is 17.0. The van der Waals surface area contributed by atoms with Crippen LogP contribution in [0.2, 0.25) is 0 Å². The van der Waals surface area contributed by atoms with Crippen LogP contribution in [0.4, 0.5) is 0 Å². The average Bonchev–Trinajstić information content (AvgIpc) is 2.48. The molecule has 1 aromatic rings. The molecule has 0 saturated heterocycles. The standard InChI is InChI=1S/C16H20BrNO5/c1-22-12-5-4-10(8-11(12)17)14(15(20)21)18-13(19)9-16(23-2)6-3-7-16/h4-5,8,14H,3,6-7,9H2,1-2H3,(H,18,19)(H,20,21). The van der Waals surface area contributed by atoms with Crippen LogP contribution >= 0.6 is 15.9 Å². The van der Waals surface area contributed by atoms with E-state index in [1.807, 2.05) is 0 Å². The van der Waals surface area contributed by atoms with E-state index in [1.54, 1.807) is 25.3 Å². The molecule has 2 N–H and O–H groups in total. The number of benzene rings is 1. The van der Waals surface area contributed by atoms with Crippen molar-refractivity contribution in [2.45, 2.75) is 37.3 Å². The van der Waals surface area contributed by atoms with Crippen LogP contribution in [0.5, 0.6) is 5.75 Å². The molecule has 2 rings (SSSR count). The lowest BCUT2D eigenvalue weighted by Crippen LogP contribution is -2.45. The van der Waals surface area contributed by atoms with Crippen molar-refractivity contribution in [1.29, 1.82) is 0 Å². The van der Waals surface area contributed by atoms with Gasteiger partial charge in [-0.25, -0.2) is 4.79 Å². The number of rotatable bonds is 7. The van der Waals surface area contributed by atoms with Crippen LogP contribution in [0, 0.1) is 0 Å². The van der Waals surface area contributed by atoms with E-state index in [0.29, 0.717) is 15.8 Å². The molecule has 0 aromatic heterocycles. The maximum atomic E-state index is 12.2. The molecule has 1 atom stereocenters. The van der Waals surface area contributed by atoms with Gasteiger partial charge in [-0.3, -0.25) is 4.79 Å². The lowest BCUT2D eigenvalue weighted by atomic mass is 9.77. The summed E-state index contributed by atoms with van der Waals surface area (Å²) in [6, 6.07) is 3.80. The highest BCUT2D eigenvalue weighted by Gasteiger charge is 2.39. The number of amides is 1. The molecular weight excluding hydrogens is 366 g/mol. The number of aliphatic carboxylic acids is 1. The monoisotopic (exact) mass is 385 g/mol. The Kier molecular flexibility index (Phi) is 5.64. The Hall–Kier alpha value is -1.60.